The molecular formula is C12H20N4O2. The molecule has 1 rings (SSSR count). The normalized spacial score (nSPS) is 11.9. The van der Waals surface area contributed by atoms with Crippen molar-refractivity contribution in [2.45, 2.75) is 26.9 Å². The van der Waals surface area contributed by atoms with Crippen LogP contribution in [-0.4, -0.2) is 41.9 Å². The minimum atomic E-state index is -0.209. The molecule has 0 radical (unpaired) electrons. The van der Waals surface area contributed by atoms with Crippen LogP contribution in [0.15, 0.2) is 12.1 Å². The van der Waals surface area contributed by atoms with Crippen LogP contribution >= 0.6 is 0 Å². The van der Waals surface area contributed by atoms with E-state index < -0.39 is 0 Å². The van der Waals surface area contributed by atoms with Gasteiger partial charge in [-0.15, -0.1) is 10.2 Å². The number of hydrogen-bond donors (Lipinski definition) is 2. The number of carbonyl (C=O) groups is 1. The molecule has 18 heavy (non-hydrogen) atoms. The van der Waals surface area contributed by atoms with Gasteiger partial charge < -0.3 is 15.4 Å². The quantitative estimate of drug-likeness (QED) is 0.759. The Morgan fingerprint density at radius 2 is 2.17 bits per heavy atom. The van der Waals surface area contributed by atoms with Crippen molar-refractivity contribution in [1.29, 1.82) is 0 Å². The lowest BCUT2D eigenvalue weighted by atomic mass is 10.3. The van der Waals surface area contributed by atoms with Crippen molar-refractivity contribution in [2.24, 2.45) is 0 Å². The average Bonchev–Trinajstić information content (AvgIpc) is 2.37. The van der Waals surface area contributed by atoms with Crippen LogP contribution in [0.1, 0.15) is 31.3 Å². The SMILES string of the molecule is CCNC(=O)c1ccc(NCC(C)OCC)nn1. The van der Waals surface area contributed by atoms with Gasteiger partial charge in [-0.05, 0) is 32.9 Å². The van der Waals surface area contributed by atoms with Crippen molar-refractivity contribution in [3.05, 3.63) is 17.8 Å². The van der Waals surface area contributed by atoms with Gasteiger partial charge in [0.05, 0.1) is 6.10 Å². The average molecular weight is 252 g/mol. The van der Waals surface area contributed by atoms with Crippen molar-refractivity contribution in [1.82, 2.24) is 15.5 Å². The number of aromatic nitrogens is 2. The van der Waals surface area contributed by atoms with E-state index in [1.807, 2.05) is 20.8 Å². The van der Waals surface area contributed by atoms with Crippen LogP contribution in [-0.2, 0) is 4.74 Å². The molecule has 0 aliphatic heterocycles. The molecule has 6 heteroatoms. The summed E-state index contributed by atoms with van der Waals surface area (Å²) in [6, 6.07) is 3.38. The summed E-state index contributed by atoms with van der Waals surface area (Å²) in [5, 5.41) is 13.6. The molecule has 0 bridgehead atoms. The molecule has 1 heterocycles. The van der Waals surface area contributed by atoms with Gasteiger partial charge in [0.15, 0.2) is 5.69 Å². The summed E-state index contributed by atoms with van der Waals surface area (Å²) in [6.07, 6.45) is 0.111. The van der Waals surface area contributed by atoms with E-state index in [-0.39, 0.29) is 12.0 Å². The van der Waals surface area contributed by atoms with Crippen LogP contribution in [0.2, 0.25) is 0 Å². The fourth-order valence-electron chi connectivity index (χ4n) is 1.39. The van der Waals surface area contributed by atoms with E-state index in [2.05, 4.69) is 20.8 Å². The minimum absolute atomic E-state index is 0.111. The lowest BCUT2D eigenvalue weighted by molar-refractivity contribution is 0.0854. The first-order valence-electron chi connectivity index (χ1n) is 6.14. The number of amides is 1. The lowest BCUT2D eigenvalue weighted by Crippen LogP contribution is -2.24. The molecule has 0 spiro atoms. The summed E-state index contributed by atoms with van der Waals surface area (Å²) >= 11 is 0. The first-order chi connectivity index (χ1) is 8.67. The predicted molar refractivity (Wildman–Crippen MR) is 69.6 cm³/mol. The highest BCUT2D eigenvalue weighted by Crippen LogP contribution is 2.03. The second-order valence-corrected chi connectivity index (χ2v) is 3.81. The molecule has 0 aliphatic rings. The van der Waals surface area contributed by atoms with Crippen LogP contribution in [0.3, 0.4) is 0 Å². The molecule has 1 atom stereocenters. The van der Waals surface area contributed by atoms with E-state index in [0.717, 1.165) is 0 Å². The summed E-state index contributed by atoms with van der Waals surface area (Å²) in [7, 11) is 0. The van der Waals surface area contributed by atoms with Crippen LogP contribution in [0.5, 0.6) is 0 Å². The summed E-state index contributed by atoms with van der Waals surface area (Å²) < 4.78 is 5.38. The van der Waals surface area contributed by atoms with Gasteiger partial charge in [-0.25, -0.2) is 0 Å². The summed E-state index contributed by atoms with van der Waals surface area (Å²) in [5.74, 6) is 0.425. The van der Waals surface area contributed by atoms with Crippen molar-refractivity contribution in [2.75, 3.05) is 25.0 Å². The summed E-state index contributed by atoms with van der Waals surface area (Å²) in [6.45, 7) is 7.71. The third-order valence-corrected chi connectivity index (χ3v) is 2.26. The number of anilines is 1. The van der Waals surface area contributed by atoms with Gasteiger partial charge in [-0.3, -0.25) is 4.79 Å². The highest BCUT2D eigenvalue weighted by Gasteiger charge is 2.07. The Balaban J connectivity index is 2.47. The molecule has 0 aliphatic carbocycles. The Labute approximate surface area is 107 Å². The van der Waals surface area contributed by atoms with Crippen LogP contribution in [0.25, 0.3) is 0 Å². The van der Waals surface area contributed by atoms with Gasteiger partial charge in [0.2, 0.25) is 0 Å². The van der Waals surface area contributed by atoms with Crippen LogP contribution < -0.4 is 10.6 Å². The molecule has 1 aromatic rings. The molecule has 2 N–H and O–H groups in total. The van der Waals surface area contributed by atoms with E-state index in [1.54, 1.807) is 12.1 Å². The molecule has 0 fully saturated rings. The summed E-state index contributed by atoms with van der Waals surface area (Å²) in [4.78, 5) is 11.5. The zero-order valence-corrected chi connectivity index (χ0v) is 11.1. The molecule has 100 valence electrons. The first kappa shape index (κ1) is 14.4. The maximum absolute atomic E-state index is 11.5. The molecule has 0 saturated carbocycles. The van der Waals surface area contributed by atoms with Crippen molar-refractivity contribution in [3.63, 3.8) is 0 Å². The maximum atomic E-state index is 11.5. The molecule has 1 amide bonds. The molecule has 0 aromatic carbocycles. The largest absolute Gasteiger partial charge is 0.377 e. The van der Waals surface area contributed by atoms with Crippen LogP contribution in [0.4, 0.5) is 5.82 Å². The zero-order chi connectivity index (χ0) is 13.4. The molecule has 6 nitrogen and oxygen atoms in total. The first-order valence-corrected chi connectivity index (χ1v) is 6.14. The Morgan fingerprint density at radius 1 is 1.39 bits per heavy atom. The second-order valence-electron chi connectivity index (χ2n) is 3.81. The number of nitrogens with zero attached hydrogens (tertiary/aromatic N) is 2. The van der Waals surface area contributed by atoms with Gasteiger partial charge >= 0.3 is 0 Å². The Morgan fingerprint density at radius 3 is 2.72 bits per heavy atom. The second kappa shape index (κ2) is 7.60. The number of ether oxygens (including phenoxy) is 1. The Kier molecular flexibility index (Phi) is 6.07. The molecule has 0 saturated heterocycles. The molecule has 1 aromatic heterocycles. The van der Waals surface area contributed by atoms with E-state index in [9.17, 15) is 4.79 Å². The zero-order valence-electron chi connectivity index (χ0n) is 11.1. The number of hydrogen-bond acceptors (Lipinski definition) is 5. The van der Waals surface area contributed by atoms with E-state index in [4.69, 9.17) is 4.74 Å². The summed E-state index contributed by atoms with van der Waals surface area (Å²) in [5.41, 5.74) is 0.320. The van der Waals surface area contributed by atoms with Gasteiger partial charge in [0.1, 0.15) is 5.82 Å². The van der Waals surface area contributed by atoms with Gasteiger partial charge in [-0.1, -0.05) is 0 Å². The minimum Gasteiger partial charge on any atom is -0.377 e. The smallest absolute Gasteiger partial charge is 0.271 e. The highest BCUT2D eigenvalue weighted by molar-refractivity contribution is 5.92. The lowest BCUT2D eigenvalue weighted by Gasteiger charge is -2.12. The number of nitrogens with one attached hydrogen (secondary N) is 2. The third-order valence-electron chi connectivity index (χ3n) is 2.26. The monoisotopic (exact) mass is 252 g/mol. The molecular weight excluding hydrogens is 232 g/mol. The number of carbonyl (C=O) groups excluding carboxylic acids is 1. The Bertz CT molecular complexity index is 367. The van der Waals surface area contributed by atoms with E-state index >= 15 is 0 Å². The standard InChI is InChI=1S/C12H20N4O2/c1-4-13-12(17)10-6-7-11(16-15-10)14-8-9(3)18-5-2/h6-7,9H,4-5,8H2,1-3H3,(H,13,17)(H,14,16). The fraction of sp³-hybridized carbons (Fsp3) is 0.583. The fourth-order valence-corrected chi connectivity index (χ4v) is 1.39. The van der Waals surface area contributed by atoms with E-state index in [1.165, 1.54) is 0 Å². The van der Waals surface area contributed by atoms with E-state index in [0.29, 0.717) is 31.2 Å². The molecule has 1 unspecified atom stereocenters. The van der Waals surface area contributed by atoms with Crippen molar-refractivity contribution in [3.8, 4) is 0 Å². The van der Waals surface area contributed by atoms with Gasteiger partial charge in [-0.2, -0.15) is 0 Å². The third kappa shape index (κ3) is 4.67. The Hall–Kier alpha value is -1.69. The maximum Gasteiger partial charge on any atom is 0.271 e. The predicted octanol–water partition coefficient (Wildman–Crippen LogP) is 1.06. The topological polar surface area (TPSA) is 76.1 Å². The van der Waals surface area contributed by atoms with Gasteiger partial charge in [0, 0.05) is 19.7 Å². The van der Waals surface area contributed by atoms with Gasteiger partial charge in [0.25, 0.3) is 5.91 Å². The van der Waals surface area contributed by atoms with Crippen molar-refractivity contribution < 1.29 is 9.53 Å². The van der Waals surface area contributed by atoms with Crippen molar-refractivity contribution >= 4 is 11.7 Å². The number of rotatable bonds is 7. The highest BCUT2D eigenvalue weighted by atomic mass is 16.5. The van der Waals surface area contributed by atoms with Crippen LogP contribution in [0, 0.1) is 0 Å².